The predicted molar refractivity (Wildman–Crippen MR) is 108 cm³/mol. The van der Waals surface area contributed by atoms with Gasteiger partial charge in [-0.1, -0.05) is 18.2 Å². The number of hydrogen-bond donors (Lipinski definition) is 3. The summed E-state index contributed by atoms with van der Waals surface area (Å²) in [6.07, 6.45) is -3.12. The number of fused-ring (bicyclic) bond motifs is 2. The van der Waals surface area contributed by atoms with E-state index >= 15 is 0 Å². The lowest BCUT2D eigenvalue weighted by atomic mass is 9.72. The average Bonchev–Trinajstić information content (AvgIpc) is 2.71. The second-order valence-electron chi connectivity index (χ2n) is 7.51. The first kappa shape index (κ1) is 21.0. The largest absolute Gasteiger partial charge is 0.505 e. The molecular formula is C22H19F4N3O2. The van der Waals surface area contributed by atoms with Crippen LogP contribution < -0.4 is 5.32 Å². The van der Waals surface area contributed by atoms with Gasteiger partial charge in [0.25, 0.3) is 0 Å². The van der Waals surface area contributed by atoms with E-state index in [9.17, 15) is 27.8 Å². The van der Waals surface area contributed by atoms with Gasteiger partial charge < -0.3 is 15.5 Å². The number of phenolic OH excluding ortho intramolecular Hbond substituents is 1. The van der Waals surface area contributed by atoms with Crippen LogP contribution in [-0.4, -0.2) is 32.0 Å². The summed E-state index contributed by atoms with van der Waals surface area (Å²) < 4.78 is 57.2. The summed E-state index contributed by atoms with van der Waals surface area (Å²) in [4.78, 5) is 8.38. The Morgan fingerprint density at radius 3 is 2.65 bits per heavy atom. The third kappa shape index (κ3) is 3.29. The summed E-state index contributed by atoms with van der Waals surface area (Å²) in [7, 11) is 0. The number of anilines is 1. The average molecular weight is 433 g/mol. The lowest BCUT2D eigenvalue weighted by Crippen LogP contribution is -2.54. The van der Waals surface area contributed by atoms with Gasteiger partial charge in [-0.25, -0.2) is 14.4 Å². The van der Waals surface area contributed by atoms with Crippen molar-refractivity contribution in [2.75, 3.05) is 5.32 Å². The molecule has 0 radical (unpaired) electrons. The van der Waals surface area contributed by atoms with Crippen LogP contribution in [0.1, 0.15) is 36.3 Å². The van der Waals surface area contributed by atoms with Crippen molar-refractivity contribution in [3.63, 3.8) is 0 Å². The highest BCUT2D eigenvalue weighted by atomic mass is 19.4. The number of allylic oxidation sites excluding steroid dienone is 1. The van der Waals surface area contributed by atoms with Crippen molar-refractivity contribution < 1.29 is 27.8 Å². The van der Waals surface area contributed by atoms with Gasteiger partial charge in [-0.05, 0) is 43.2 Å². The Bertz CT molecular complexity index is 1210. The Kier molecular flexibility index (Phi) is 4.88. The first-order chi connectivity index (χ1) is 14.6. The molecule has 0 amide bonds. The molecule has 3 N–H and O–H groups in total. The van der Waals surface area contributed by atoms with Gasteiger partial charge >= 0.3 is 6.18 Å². The fraction of sp³-hybridized carbons (Fsp3) is 0.273. The zero-order valence-corrected chi connectivity index (χ0v) is 16.6. The molecule has 0 saturated carbocycles. The van der Waals surface area contributed by atoms with Crippen LogP contribution in [0.25, 0.3) is 16.5 Å². The van der Waals surface area contributed by atoms with Crippen molar-refractivity contribution >= 4 is 22.2 Å². The van der Waals surface area contributed by atoms with Gasteiger partial charge in [0.1, 0.15) is 5.82 Å². The van der Waals surface area contributed by atoms with Gasteiger partial charge in [-0.15, -0.1) is 0 Å². The minimum absolute atomic E-state index is 0.0434. The number of rotatable bonds is 2. The van der Waals surface area contributed by atoms with Crippen molar-refractivity contribution in [2.45, 2.75) is 38.1 Å². The van der Waals surface area contributed by atoms with Crippen LogP contribution in [0.4, 0.5) is 23.2 Å². The number of aryl methyl sites for hydroxylation is 1. The molecule has 4 rings (SSSR count). The van der Waals surface area contributed by atoms with Crippen LogP contribution >= 0.6 is 0 Å². The zero-order chi connectivity index (χ0) is 22.6. The molecule has 2 aromatic carbocycles. The van der Waals surface area contributed by atoms with E-state index in [4.69, 9.17) is 0 Å². The molecule has 1 aliphatic carbocycles. The maximum absolute atomic E-state index is 14.8. The highest BCUT2D eigenvalue weighted by molar-refractivity contribution is 5.91. The second-order valence-corrected chi connectivity index (χ2v) is 7.51. The van der Waals surface area contributed by atoms with Crippen molar-refractivity contribution in [1.82, 2.24) is 9.97 Å². The molecule has 1 aliphatic rings. The summed E-state index contributed by atoms with van der Waals surface area (Å²) in [5.74, 6) is -1.21. The number of hydrogen-bond acceptors (Lipinski definition) is 5. The number of phenols is 1. The quantitative estimate of drug-likeness (QED) is 0.494. The van der Waals surface area contributed by atoms with Crippen LogP contribution in [0.15, 0.2) is 42.6 Å². The number of nitrogens with one attached hydrogen (secondary N) is 1. The molecule has 1 heterocycles. The molecule has 0 fully saturated rings. The minimum atomic E-state index is -5.03. The maximum Gasteiger partial charge on any atom is 0.419 e. The smallest absolute Gasteiger partial charge is 0.419 e. The summed E-state index contributed by atoms with van der Waals surface area (Å²) in [6, 6.07) is 5.27. The summed E-state index contributed by atoms with van der Waals surface area (Å²) in [5, 5.41) is 23.9. The second kappa shape index (κ2) is 7.19. The highest BCUT2D eigenvalue weighted by Crippen LogP contribution is 2.53. The molecule has 162 valence electrons. The molecule has 1 aromatic heterocycles. The standard InChI is InChI=1S/C22H19F4N3O2/c1-3-12-9-21(31,22(24,25)26)20(13-7-8-17(30)19(23)18(12)13)29-16-6-4-5-15-14(16)10-27-11(2)28-15/h3-8,10,20,29-31H,9H2,1-2H3. The fourth-order valence-electron chi connectivity index (χ4n) is 4.02. The molecule has 0 spiro atoms. The first-order valence-corrected chi connectivity index (χ1v) is 9.51. The Labute approximate surface area is 175 Å². The maximum atomic E-state index is 14.8. The fourth-order valence-corrected chi connectivity index (χ4v) is 4.02. The van der Waals surface area contributed by atoms with E-state index < -0.39 is 35.8 Å². The van der Waals surface area contributed by atoms with Gasteiger partial charge in [0.2, 0.25) is 0 Å². The Balaban J connectivity index is 1.95. The molecule has 2 atom stereocenters. The van der Waals surface area contributed by atoms with Crippen LogP contribution in [-0.2, 0) is 0 Å². The molecule has 0 aliphatic heterocycles. The normalized spacial score (nSPS) is 22.5. The molecule has 3 aromatic rings. The van der Waals surface area contributed by atoms with Crippen molar-refractivity contribution in [3.05, 3.63) is 65.4 Å². The van der Waals surface area contributed by atoms with Crippen LogP contribution in [0.3, 0.4) is 0 Å². The van der Waals surface area contributed by atoms with Gasteiger partial charge in [-0.2, -0.15) is 13.2 Å². The number of halogens is 4. The monoisotopic (exact) mass is 433 g/mol. The third-order valence-electron chi connectivity index (χ3n) is 5.61. The lowest BCUT2D eigenvalue weighted by molar-refractivity contribution is -0.265. The van der Waals surface area contributed by atoms with E-state index in [0.717, 1.165) is 6.07 Å². The SMILES string of the molecule is CC=C1CC(O)(C(F)(F)F)C(Nc2cccc3nc(C)ncc23)c2ccc(O)c(F)c21. The van der Waals surface area contributed by atoms with E-state index in [0.29, 0.717) is 16.7 Å². The third-order valence-corrected chi connectivity index (χ3v) is 5.61. The van der Waals surface area contributed by atoms with Gasteiger partial charge in [0, 0.05) is 29.3 Å². The molecule has 31 heavy (non-hydrogen) atoms. The Morgan fingerprint density at radius 1 is 1.23 bits per heavy atom. The number of alkyl halides is 3. The lowest BCUT2D eigenvalue weighted by Gasteiger charge is -2.44. The van der Waals surface area contributed by atoms with E-state index in [1.807, 2.05) is 0 Å². The Hall–Kier alpha value is -3.20. The first-order valence-electron chi connectivity index (χ1n) is 9.51. The highest BCUT2D eigenvalue weighted by Gasteiger charge is 2.61. The topological polar surface area (TPSA) is 78.3 Å². The predicted octanol–water partition coefficient (Wildman–Crippen LogP) is 5.04. The molecule has 0 bridgehead atoms. The summed E-state index contributed by atoms with van der Waals surface area (Å²) in [6.45, 7) is 3.14. The molecule has 9 heteroatoms. The molecule has 2 unspecified atom stereocenters. The van der Waals surface area contributed by atoms with Crippen LogP contribution in [0.5, 0.6) is 5.75 Å². The van der Waals surface area contributed by atoms with Gasteiger partial charge in [0.05, 0.1) is 11.6 Å². The zero-order valence-electron chi connectivity index (χ0n) is 16.6. The molecular weight excluding hydrogens is 414 g/mol. The molecule has 5 nitrogen and oxygen atoms in total. The van der Waals surface area contributed by atoms with Gasteiger partial charge in [-0.3, -0.25) is 0 Å². The van der Waals surface area contributed by atoms with Gasteiger partial charge in [0.15, 0.2) is 17.2 Å². The number of benzene rings is 2. The summed E-state index contributed by atoms with van der Waals surface area (Å²) in [5.41, 5.74) is -2.76. The van der Waals surface area contributed by atoms with E-state index in [-0.39, 0.29) is 22.4 Å². The van der Waals surface area contributed by atoms with E-state index in [1.54, 1.807) is 25.1 Å². The Morgan fingerprint density at radius 2 is 1.97 bits per heavy atom. The van der Waals surface area contributed by atoms with Crippen molar-refractivity contribution in [1.29, 1.82) is 0 Å². The summed E-state index contributed by atoms with van der Waals surface area (Å²) >= 11 is 0. The van der Waals surface area contributed by atoms with Crippen molar-refractivity contribution in [2.24, 2.45) is 0 Å². The van der Waals surface area contributed by atoms with E-state index in [1.165, 1.54) is 25.3 Å². The number of nitrogens with zero attached hydrogens (tertiary/aromatic N) is 2. The van der Waals surface area contributed by atoms with E-state index in [2.05, 4.69) is 15.3 Å². The number of aromatic hydroxyl groups is 1. The number of aromatic nitrogens is 2. The van der Waals surface area contributed by atoms with Crippen LogP contribution in [0, 0.1) is 12.7 Å². The van der Waals surface area contributed by atoms with Crippen LogP contribution in [0.2, 0.25) is 0 Å². The molecule has 0 saturated heterocycles. The number of aliphatic hydroxyl groups is 1. The van der Waals surface area contributed by atoms with Crippen molar-refractivity contribution in [3.8, 4) is 5.75 Å². The minimum Gasteiger partial charge on any atom is -0.505 e.